The summed E-state index contributed by atoms with van der Waals surface area (Å²) < 4.78 is 25.6. The third-order valence-electron chi connectivity index (χ3n) is 5.28. The van der Waals surface area contributed by atoms with Crippen molar-refractivity contribution < 1.29 is 18.7 Å². The largest absolute Gasteiger partial charge is 0.489 e. The zero-order chi connectivity index (χ0) is 21.8. The molecular weight excluding hydrogens is 421 g/mol. The molecule has 0 atom stereocenters. The predicted octanol–water partition coefficient (Wildman–Crippen LogP) is 3.53. The van der Waals surface area contributed by atoms with E-state index >= 15 is 0 Å². The third-order valence-corrected chi connectivity index (χ3v) is 6.48. The predicted molar refractivity (Wildman–Crippen MR) is 118 cm³/mol. The van der Waals surface area contributed by atoms with Crippen LogP contribution in [0.4, 0.5) is 10.1 Å². The zero-order valence-electron chi connectivity index (χ0n) is 17.3. The van der Waals surface area contributed by atoms with E-state index in [1.165, 1.54) is 34.0 Å². The van der Waals surface area contributed by atoms with E-state index in [4.69, 9.17) is 9.47 Å². The minimum Gasteiger partial charge on any atom is -0.489 e. The Hall–Kier alpha value is -2.78. The maximum absolute atomic E-state index is 13.7. The molecule has 0 bridgehead atoms. The number of ether oxygens (including phenoxy) is 2. The Kier molecular flexibility index (Phi) is 6.62. The van der Waals surface area contributed by atoms with E-state index in [-0.39, 0.29) is 36.7 Å². The number of aryl methyl sites for hydroxylation is 3. The van der Waals surface area contributed by atoms with Crippen molar-refractivity contribution in [1.29, 1.82) is 0 Å². The molecule has 0 spiro atoms. The van der Waals surface area contributed by atoms with Gasteiger partial charge < -0.3 is 14.8 Å². The summed E-state index contributed by atoms with van der Waals surface area (Å²) in [6.07, 6.45) is 5.68. The number of carbonyl (C=O) groups excluding carboxylic acids is 1. The number of benzene rings is 1. The number of rotatable bonds is 8. The van der Waals surface area contributed by atoms with Gasteiger partial charge in [0.1, 0.15) is 23.0 Å². The number of carbonyl (C=O) groups is 1. The first kappa shape index (κ1) is 21.5. The number of halogens is 1. The smallest absolute Gasteiger partial charge is 0.262 e. The molecule has 0 saturated carbocycles. The molecule has 2 aromatic heterocycles. The van der Waals surface area contributed by atoms with Gasteiger partial charge in [-0.1, -0.05) is 0 Å². The summed E-state index contributed by atoms with van der Waals surface area (Å²) in [6.45, 7) is 0.833. The molecule has 4 rings (SSSR count). The van der Waals surface area contributed by atoms with E-state index in [0.29, 0.717) is 17.7 Å². The fourth-order valence-electron chi connectivity index (χ4n) is 3.74. The number of aromatic nitrogens is 2. The van der Waals surface area contributed by atoms with E-state index in [1.807, 2.05) is 0 Å². The van der Waals surface area contributed by atoms with Gasteiger partial charge in [-0.15, -0.1) is 11.3 Å². The fraction of sp³-hybridized carbons (Fsp3) is 0.409. The lowest BCUT2D eigenvalue weighted by Crippen LogP contribution is -2.24. The van der Waals surface area contributed by atoms with Crippen LogP contribution in [0.5, 0.6) is 5.75 Å². The minimum absolute atomic E-state index is 0.0491. The quantitative estimate of drug-likeness (QED) is 0.537. The van der Waals surface area contributed by atoms with Crippen molar-refractivity contribution in [2.45, 2.75) is 38.6 Å². The average molecular weight is 446 g/mol. The number of methoxy groups -OCH3 is 1. The van der Waals surface area contributed by atoms with Crippen LogP contribution in [0.1, 0.15) is 29.7 Å². The number of hydrogen-bond acceptors (Lipinski definition) is 6. The summed E-state index contributed by atoms with van der Waals surface area (Å²) in [7, 11) is 1.55. The van der Waals surface area contributed by atoms with Crippen LogP contribution in [-0.2, 0) is 28.9 Å². The number of fused-ring (bicyclic) bond motifs is 3. The molecule has 0 fully saturated rings. The highest BCUT2D eigenvalue weighted by Crippen LogP contribution is 2.33. The molecule has 0 unspecified atom stereocenters. The van der Waals surface area contributed by atoms with Crippen molar-refractivity contribution in [2.75, 3.05) is 25.6 Å². The van der Waals surface area contributed by atoms with Gasteiger partial charge in [-0.2, -0.15) is 0 Å². The van der Waals surface area contributed by atoms with Crippen LogP contribution in [-0.4, -0.2) is 35.8 Å². The molecule has 9 heteroatoms. The Labute approximate surface area is 182 Å². The molecule has 1 aliphatic carbocycles. The Bertz CT molecular complexity index is 1160. The lowest BCUT2D eigenvalue weighted by atomic mass is 9.97. The lowest BCUT2D eigenvalue weighted by Gasteiger charge is -2.13. The third kappa shape index (κ3) is 4.77. The molecule has 0 radical (unpaired) electrons. The van der Waals surface area contributed by atoms with Gasteiger partial charge in [-0.3, -0.25) is 14.2 Å². The van der Waals surface area contributed by atoms with Crippen molar-refractivity contribution >= 4 is 33.1 Å². The summed E-state index contributed by atoms with van der Waals surface area (Å²) >= 11 is 1.60. The molecular formula is C22H24FN3O4S. The maximum atomic E-state index is 13.7. The number of nitrogens with one attached hydrogen (secondary N) is 1. The van der Waals surface area contributed by atoms with E-state index in [0.717, 1.165) is 36.1 Å². The molecule has 31 heavy (non-hydrogen) atoms. The van der Waals surface area contributed by atoms with Gasteiger partial charge in [0.15, 0.2) is 0 Å². The van der Waals surface area contributed by atoms with E-state index in [1.54, 1.807) is 18.4 Å². The van der Waals surface area contributed by atoms with Crippen molar-refractivity contribution in [3.05, 3.63) is 51.1 Å². The molecule has 1 aromatic carbocycles. The molecule has 1 amide bonds. The Morgan fingerprint density at radius 2 is 2.13 bits per heavy atom. The van der Waals surface area contributed by atoms with Gasteiger partial charge in [-0.05, 0) is 43.4 Å². The van der Waals surface area contributed by atoms with Crippen molar-refractivity contribution in [2.24, 2.45) is 0 Å². The summed E-state index contributed by atoms with van der Waals surface area (Å²) in [5.74, 6) is -0.471. The van der Waals surface area contributed by atoms with Gasteiger partial charge in [0.05, 0.1) is 24.0 Å². The van der Waals surface area contributed by atoms with Crippen LogP contribution in [0.2, 0.25) is 0 Å². The van der Waals surface area contributed by atoms with E-state index in [2.05, 4.69) is 10.3 Å². The second-order valence-corrected chi connectivity index (χ2v) is 8.50. The Morgan fingerprint density at radius 3 is 2.97 bits per heavy atom. The molecule has 0 saturated heterocycles. The van der Waals surface area contributed by atoms with Crippen molar-refractivity contribution in [3.8, 4) is 5.75 Å². The maximum Gasteiger partial charge on any atom is 0.262 e. The van der Waals surface area contributed by atoms with E-state index in [9.17, 15) is 14.0 Å². The first-order valence-corrected chi connectivity index (χ1v) is 11.1. The van der Waals surface area contributed by atoms with E-state index < -0.39 is 5.82 Å². The summed E-state index contributed by atoms with van der Waals surface area (Å²) in [6, 6.07) is 3.93. The molecule has 3 aromatic rings. The molecule has 7 nitrogen and oxygen atoms in total. The van der Waals surface area contributed by atoms with Gasteiger partial charge in [0.2, 0.25) is 5.91 Å². The SMILES string of the molecule is COCCOc1ccc(F)cc1NC(=O)CCn1cnc2sc3c(c2c1=O)CCCC3. The van der Waals surface area contributed by atoms with Crippen LogP contribution in [0.15, 0.2) is 29.3 Å². The highest BCUT2D eigenvalue weighted by Gasteiger charge is 2.20. The molecule has 0 aliphatic heterocycles. The fourth-order valence-corrected chi connectivity index (χ4v) is 4.96. The summed E-state index contributed by atoms with van der Waals surface area (Å²) in [5.41, 5.74) is 1.26. The van der Waals surface area contributed by atoms with Crippen LogP contribution in [0, 0.1) is 5.82 Å². The number of amides is 1. The lowest BCUT2D eigenvalue weighted by molar-refractivity contribution is -0.116. The standard InChI is InChI=1S/C22H24FN3O4S/c1-29-10-11-30-17-7-6-14(23)12-16(17)25-19(27)8-9-26-13-24-21-20(22(26)28)15-4-2-3-5-18(15)31-21/h6-7,12-13H,2-5,8-11H2,1H3,(H,25,27). The van der Waals surface area contributed by atoms with Crippen LogP contribution in [0.25, 0.3) is 10.2 Å². The Balaban J connectivity index is 1.46. The molecule has 164 valence electrons. The van der Waals surface area contributed by atoms with Crippen LogP contribution >= 0.6 is 11.3 Å². The average Bonchev–Trinajstić information content (AvgIpc) is 3.14. The first-order valence-electron chi connectivity index (χ1n) is 10.3. The zero-order valence-corrected chi connectivity index (χ0v) is 18.1. The monoisotopic (exact) mass is 445 g/mol. The summed E-state index contributed by atoms with van der Waals surface area (Å²) in [4.78, 5) is 32.0. The molecule has 1 aliphatic rings. The minimum atomic E-state index is -0.484. The van der Waals surface area contributed by atoms with Gasteiger partial charge in [-0.25, -0.2) is 9.37 Å². The second-order valence-electron chi connectivity index (χ2n) is 7.41. The Morgan fingerprint density at radius 1 is 1.29 bits per heavy atom. The highest BCUT2D eigenvalue weighted by atomic mass is 32.1. The van der Waals surface area contributed by atoms with Crippen LogP contribution < -0.4 is 15.6 Å². The topological polar surface area (TPSA) is 82.4 Å². The van der Waals surface area contributed by atoms with Gasteiger partial charge in [0, 0.05) is 31.0 Å². The molecule has 1 N–H and O–H groups in total. The number of thiophene rings is 1. The van der Waals surface area contributed by atoms with Gasteiger partial charge in [0.25, 0.3) is 5.56 Å². The normalized spacial score (nSPS) is 13.2. The van der Waals surface area contributed by atoms with Gasteiger partial charge >= 0.3 is 0 Å². The highest BCUT2D eigenvalue weighted by molar-refractivity contribution is 7.18. The number of nitrogens with zero attached hydrogens (tertiary/aromatic N) is 2. The van der Waals surface area contributed by atoms with Crippen molar-refractivity contribution in [3.63, 3.8) is 0 Å². The second kappa shape index (κ2) is 9.57. The summed E-state index contributed by atoms with van der Waals surface area (Å²) in [5, 5.41) is 3.37. The number of hydrogen-bond donors (Lipinski definition) is 1. The van der Waals surface area contributed by atoms with Crippen molar-refractivity contribution in [1.82, 2.24) is 9.55 Å². The first-order chi connectivity index (χ1) is 15.1. The molecule has 2 heterocycles. The number of anilines is 1. The van der Waals surface area contributed by atoms with Crippen LogP contribution in [0.3, 0.4) is 0 Å².